The maximum absolute atomic E-state index is 10.6. The minimum atomic E-state index is -1.03. The van der Waals surface area contributed by atoms with Gasteiger partial charge in [-0.3, -0.25) is 0 Å². The van der Waals surface area contributed by atoms with Crippen LogP contribution in [0.5, 0.6) is 0 Å². The van der Waals surface area contributed by atoms with Gasteiger partial charge in [0.2, 0.25) is 0 Å². The van der Waals surface area contributed by atoms with Crippen molar-refractivity contribution in [3.05, 3.63) is 35.4 Å². The Morgan fingerprint density at radius 1 is 1.07 bits per heavy atom. The Labute approximate surface area is 113 Å². The zero-order valence-electron chi connectivity index (χ0n) is 9.78. The third kappa shape index (κ3) is 3.98. The van der Waals surface area contributed by atoms with Gasteiger partial charge in [-0.05, 0) is 17.0 Å². The Balaban J connectivity index is 0.00000196. The summed E-state index contributed by atoms with van der Waals surface area (Å²) in [6.45, 7) is 5.86. The average Bonchev–Trinajstić information content (AvgIpc) is 2.16. The van der Waals surface area contributed by atoms with Crippen molar-refractivity contribution in [1.82, 2.24) is 0 Å². The largest absolute Gasteiger partial charge is 1.00 e. The first-order chi connectivity index (χ1) is 6.52. The van der Waals surface area contributed by atoms with Crippen LogP contribution in [-0.4, -0.2) is 5.97 Å². The summed E-state index contributed by atoms with van der Waals surface area (Å²) in [6.07, 6.45) is 0. The number of carboxylic acids is 1. The molecule has 3 heteroatoms. The van der Waals surface area contributed by atoms with Crippen LogP contribution in [0.2, 0.25) is 0 Å². The number of carboxylic acid groups (broad SMARTS) is 1. The summed E-state index contributed by atoms with van der Waals surface area (Å²) in [4.78, 5) is 10.6. The quantitative estimate of drug-likeness (QED) is 0.585. The monoisotopic (exact) mass is 214 g/mol. The van der Waals surface area contributed by atoms with Crippen LogP contribution in [0.4, 0.5) is 0 Å². The van der Waals surface area contributed by atoms with Gasteiger partial charge < -0.3 is 9.90 Å². The van der Waals surface area contributed by atoms with Crippen molar-refractivity contribution in [2.24, 2.45) is 0 Å². The Kier molecular flexibility index (Phi) is 6.18. The molecule has 76 valence electrons. The van der Waals surface area contributed by atoms with Crippen molar-refractivity contribution < 1.29 is 39.5 Å². The van der Waals surface area contributed by atoms with E-state index in [-0.39, 0.29) is 29.6 Å². The third-order valence-electron chi connectivity index (χ3n) is 2.46. The minimum Gasteiger partial charge on any atom is -0.550 e. The first-order valence-corrected chi connectivity index (χ1v) is 4.83. The fraction of sp³-hybridized carbons (Fsp3) is 0.417. The normalized spacial score (nSPS) is 12.0. The Hall–Kier alpha value is -0.310. The number of hydrogen-bond acceptors (Lipinski definition) is 2. The average molecular weight is 214 g/mol. The second-order valence-corrected chi connectivity index (χ2v) is 3.86. The van der Waals surface area contributed by atoms with Gasteiger partial charge in [-0.1, -0.05) is 45.0 Å². The summed E-state index contributed by atoms with van der Waals surface area (Å²) < 4.78 is 0. The van der Waals surface area contributed by atoms with E-state index in [1.54, 1.807) is 6.92 Å². The van der Waals surface area contributed by atoms with Gasteiger partial charge in [0.1, 0.15) is 0 Å². The van der Waals surface area contributed by atoms with Gasteiger partial charge in [0.15, 0.2) is 0 Å². The first-order valence-electron chi connectivity index (χ1n) is 4.83. The Bertz CT molecular complexity index is 317. The molecule has 0 saturated carbocycles. The molecule has 0 saturated heterocycles. The zero-order valence-corrected chi connectivity index (χ0v) is 11.8. The summed E-state index contributed by atoms with van der Waals surface area (Å²) in [7, 11) is 0. The minimum absolute atomic E-state index is 0. The molecule has 0 spiro atoms. The number of rotatable bonds is 3. The Morgan fingerprint density at radius 2 is 1.47 bits per heavy atom. The SMILES string of the molecule is CC(C)c1ccc(C(C)C(=O)[O-])cc1.[Na+]. The topological polar surface area (TPSA) is 40.1 Å². The van der Waals surface area contributed by atoms with Crippen molar-refractivity contribution in [1.29, 1.82) is 0 Å². The van der Waals surface area contributed by atoms with Gasteiger partial charge in [-0.2, -0.15) is 0 Å². The fourth-order valence-corrected chi connectivity index (χ4v) is 1.31. The number of carbonyl (C=O) groups excluding carboxylic acids is 1. The molecular formula is C12H15NaO2. The van der Waals surface area contributed by atoms with Crippen LogP contribution in [0.1, 0.15) is 43.7 Å². The smallest absolute Gasteiger partial charge is 0.550 e. The molecule has 1 aromatic rings. The van der Waals surface area contributed by atoms with E-state index in [2.05, 4.69) is 13.8 Å². The predicted octanol–water partition coefficient (Wildman–Crippen LogP) is -1.33. The molecule has 0 aliphatic heterocycles. The van der Waals surface area contributed by atoms with Crippen LogP contribution >= 0.6 is 0 Å². The van der Waals surface area contributed by atoms with Crippen molar-refractivity contribution in [2.75, 3.05) is 0 Å². The van der Waals surface area contributed by atoms with E-state index in [0.717, 1.165) is 5.56 Å². The molecule has 1 rings (SSSR count). The molecule has 0 fully saturated rings. The number of benzene rings is 1. The number of hydrogen-bond donors (Lipinski definition) is 0. The molecule has 15 heavy (non-hydrogen) atoms. The summed E-state index contributed by atoms with van der Waals surface area (Å²) >= 11 is 0. The van der Waals surface area contributed by atoms with Crippen LogP contribution < -0.4 is 34.7 Å². The van der Waals surface area contributed by atoms with Crippen LogP contribution in [0, 0.1) is 0 Å². The molecule has 0 radical (unpaired) electrons. The summed E-state index contributed by atoms with van der Waals surface area (Å²) in [6, 6.07) is 7.66. The molecule has 0 amide bonds. The van der Waals surface area contributed by atoms with E-state index >= 15 is 0 Å². The van der Waals surface area contributed by atoms with Crippen molar-refractivity contribution in [3.8, 4) is 0 Å². The molecule has 0 aromatic heterocycles. The second-order valence-electron chi connectivity index (χ2n) is 3.86. The van der Waals surface area contributed by atoms with Crippen molar-refractivity contribution in [2.45, 2.75) is 32.6 Å². The van der Waals surface area contributed by atoms with Gasteiger partial charge in [0.25, 0.3) is 0 Å². The van der Waals surface area contributed by atoms with Crippen LogP contribution in [0.3, 0.4) is 0 Å². The number of aliphatic carboxylic acids is 1. The Morgan fingerprint density at radius 3 is 1.80 bits per heavy atom. The van der Waals surface area contributed by atoms with Crippen molar-refractivity contribution in [3.63, 3.8) is 0 Å². The molecule has 1 unspecified atom stereocenters. The molecule has 2 nitrogen and oxygen atoms in total. The molecule has 0 heterocycles. The molecule has 0 aliphatic carbocycles. The molecule has 1 aromatic carbocycles. The predicted molar refractivity (Wildman–Crippen MR) is 54.0 cm³/mol. The number of carbonyl (C=O) groups is 1. The maximum atomic E-state index is 10.6. The van der Waals surface area contributed by atoms with Crippen molar-refractivity contribution >= 4 is 5.97 Å². The second kappa shape index (κ2) is 6.31. The van der Waals surface area contributed by atoms with Crippen LogP contribution in [0.15, 0.2) is 24.3 Å². The van der Waals surface area contributed by atoms with Gasteiger partial charge >= 0.3 is 29.6 Å². The van der Waals surface area contributed by atoms with Gasteiger partial charge in [-0.25, -0.2) is 0 Å². The van der Waals surface area contributed by atoms with Crippen LogP contribution in [0.25, 0.3) is 0 Å². The van der Waals surface area contributed by atoms with Gasteiger partial charge in [0, 0.05) is 11.9 Å². The molecule has 1 atom stereocenters. The molecule has 0 bridgehead atoms. The summed E-state index contributed by atoms with van der Waals surface area (Å²) in [5.41, 5.74) is 2.02. The fourth-order valence-electron chi connectivity index (χ4n) is 1.31. The molecular weight excluding hydrogens is 199 g/mol. The first kappa shape index (κ1) is 14.7. The van der Waals surface area contributed by atoms with E-state index in [4.69, 9.17) is 0 Å². The van der Waals surface area contributed by atoms with E-state index in [1.165, 1.54) is 5.56 Å². The van der Waals surface area contributed by atoms with E-state index in [9.17, 15) is 9.90 Å². The van der Waals surface area contributed by atoms with E-state index in [1.807, 2.05) is 24.3 Å². The van der Waals surface area contributed by atoms with E-state index in [0.29, 0.717) is 5.92 Å². The van der Waals surface area contributed by atoms with Gasteiger partial charge in [-0.15, -0.1) is 0 Å². The van der Waals surface area contributed by atoms with Gasteiger partial charge in [0.05, 0.1) is 0 Å². The zero-order chi connectivity index (χ0) is 10.7. The summed E-state index contributed by atoms with van der Waals surface area (Å²) in [5.74, 6) is -1.08. The molecule has 0 N–H and O–H groups in total. The third-order valence-corrected chi connectivity index (χ3v) is 2.46. The molecule has 0 aliphatic rings. The maximum Gasteiger partial charge on any atom is 1.00 e. The van der Waals surface area contributed by atoms with E-state index < -0.39 is 11.9 Å². The van der Waals surface area contributed by atoms with Crippen LogP contribution in [-0.2, 0) is 4.79 Å². The standard InChI is InChI=1S/C12H16O2.Na/c1-8(2)10-4-6-11(7-5-10)9(3)12(13)14;/h4-9H,1-3H3,(H,13,14);/q;+1/p-1. The summed E-state index contributed by atoms with van der Waals surface area (Å²) in [5, 5.41) is 10.6.